The molecule has 5 heteroatoms. The van der Waals surface area contributed by atoms with Crippen molar-refractivity contribution in [3.8, 4) is 0 Å². The summed E-state index contributed by atoms with van der Waals surface area (Å²) >= 11 is 5.90. The van der Waals surface area contributed by atoms with E-state index in [0.717, 1.165) is 37.5 Å². The zero-order valence-electron chi connectivity index (χ0n) is 25.2. The number of hydrogen-bond acceptors (Lipinski definition) is 2. The number of rotatable bonds is 16. The van der Waals surface area contributed by atoms with Crippen LogP contribution in [-0.4, -0.2) is 34.0 Å². The Morgan fingerprint density at radius 3 is 1.54 bits per heavy atom. The molecule has 0 bridgehead atoms. The van der Waals surface area contributed by atoms with Gasteiger partial charge in [0, 0.05) is 13.2 Å². The second-order valence-electron chi connectivity index (χ2n) is 11.5. The predicted molar refractivity (Wildman–Crippen MR) is 169 cm³/mol. The Morgan fingerprint density at radius 1 is 0.800 bits per heavy atom. The molecular weight excluding hydrogens is 484 g/mol. The Labute approximate surface area is 227 Å². The zero-order chi connectivity index (χ0) is 27.9. The number of aliphatic hydroxyl groups excluding tert-OH is 1. The molecule has 0 aromatic rings. The number of allylic oxidation sites excluding steroid dienone is 6. The van der Waals surface area contributed by atoms with Crippen molar-refractivity contribution in [2.45, 2.75) is 118 Å². The van der Waals surface area contributed by atoms with E-state index in [0.29, 0.717) is 12.5 Å². The lowest BCUT2D eigenvalue weighted by molar-refractivity contribution is 0.259. The first-order chi connectivity index (χ1) is 16.1. The van der Waals surface area contributed by atoms with Crippen molar-refractivity contribution in [3.63, 3.8) is 0 Å². The van der Waals surface area contributed by atoms with Crippen molar-refractivity contribution in [3.05, 3.63) is 48.6 Å². The van der Waals surface area contributed by atoms with Crippen molar-refractivity contribution in [2.24, 2.45) is 11.8 Å². The van der Waals surface area contributed by atoms with Gasteiger partial charge in [-0.1, -0.05) is 62.4 Å². The molecule has 1 N–H and O–H groups in total. The zero-order valence-corrected chi connectivity index (χ0v) is 27.9. The molecule has 208 valence electrons. The molecule has 0 fully saturated rings. The maximum absolute atomic E-state index is 8.63. The highest BCUT2D eigenvalue weighted by atomic mass is 35.6. The first-order valence-electron chi connectivity index (χ1n) is 13.5. The molecule has 0 rings (SSSR count). The average molecular weight is 545 g/mol. The van der Waals surface area contributed by atoms with E-state index in [-0.39, 0.29) is 0 Å². The molecule has 2 nitrogen and oxygen atoms in total. The minimum atomic E-state index is -1.45. The molecule has 35 heavy (non-hydrogen) atoms. The maximum Gasteiger partial charge on any atom is 0.190 e. The van der Waals surface area contributed by atoms with Crippen LogP contribution in [0.3, 0.4) is 0 Å². The van der Waals surface area contributed by atoms with E-state index in [1.807, 2.05) is 12.2 Å². The van der Waals surface area contributed by atoms with Gasteiger partial charge in [0.1, 0.15) is 0 Å². The molecule has 2 atom stereocenters. The van der Waals surface area contributed by atoms with E-state index in [1.165, 1.54) is 36.8 Å². The van der Waals surface area contributed by atoms with Crippen LogP contribution in [-0.2, 0) is 4.43 Å². The molecule has 0 amide bonds. The van der Waals surface area contributed by atoms with E-state index in [4.69, 9.17) is 20.6 Å². The van der Waals surface area contributed by atoms with Crippen molar-refractivity contribution < 1.29 is 9.53 Å². The third kappa shape index (κ3) is 38.3. The second-order valence-corrected chi connectivity index (χ2v) is 22.7. The van der Waals surface area contributed by atoms with Crippen molar-refractivity contribution in [2.75, 3.05) is 13.2 Å². The molecule has 2 unspecified atom stereocenters. The molecule has 0 heterocycles. The Hall–Kier alpha value is -0.396. The van der Waals surface area contributed by atoms with Gasteiger partial charge >= 0.3 is 0 Å². The minimum absolute atomic E-state index is 0.329. The molecule has 0 aliphatic carbocycles. The lowest BCUT2D eigenvalue weighted by atomic mass is 10.0. The van der Waals surface area contributed by atoms with Gasteiger partial charge in [-0.2, -0.15) is 11.1 Å². The molecule has 0 aromatic carbocycles. The van der Waals surface area contributed by atoms with Gasteiger partial charge in [-0.15, -0.1) is 13.2 Å². The Kier molecular flexibility index (Phi) is 26.8. The predicted octanol–water partition coefficient (Wildman–Crippen LogP) is 10.5. The van der Waals surface area contributed by atoms with Crippen molar-refractivity contribution >= 4 is 26.8 Å². The van der Waals surface area contributed by atoms with Gasteiger partial charge in [0.25, 0.3) is 0 Å². The Morgan fingerprint density at radius 2 is 1.23 bits per heavy atom. The highest BCUT2D eigenvalue weighted by Crippen LogP contribution is 2.16. The minimum Gasteiger partial charge on any atom is -0.417 e. The van der Waals surface area contributed by atoms with E-state index < -0.39 is 15.7 Å². The van der Waals surface area contributed by atoms with Gasteiger partial charge < -0.3 is 9.53 Å². The van der Waals surface area contributed by atoms with Gasteiger partial charge in [0.2, 0.25) is 0 Å². The number of hydrogen-bond donors (Lipinski definition) is 1. The summed E-state index contributed by atoms with van der Waals surface area (Å²) in [7, 11) is -2.75. The van der Waals surface area contributed by atoms with E-state index in [1.54, 1.807) is 0 Å². The molecule has 0 aliphatic heterocycles. The summed E-state index contributed by atoms with van der Waals surface area (Å²) in [6, 6.07) is 2.06. The summed E-state index contributed by atoms with van der Waals surface area (Å²) in [4.78, 5) is 0. The Balaban J connectivity index is -0.000000486. The first kappa shape index (κ1) is 39.1. The molecular formula is C30H61ClO2Si2. The van der Waals surface area contributed by atoms with Gasteiger partial charge in [-0.25, -0.2) is 0 Å². The first-order valence-corrected chi connectivity index (χ1v) is 20.9. The fraction of sp³-hybridized carbons (Fsp3) is 0.733. The fourth-order valence-electron chi connectivity index (χ4n) is 3.11. The standard InChI is InChI=1S/C15H30OSi.C10H20O.C5H11ClSi/c1-7-13-17(5,6)16-12-11-15(4)10-8-9-14(2)3;1-9(2)5-4-6-10(3)7-8-11;1-4-5-7(2,3)6/h7,9,15H,1,8,10-13H2,2-6H3;5,10-11H,4,6-8H2,1-3H3;4H,1,5H2,2-3H3. The quantitative estimate of drug-likeness (QED) is 0.119. The van der Waals surface area contributed by atoms with Crippen LogP contribution in [0.15, 0.2) is 48.6 Å². The van der Waals surface area contributed by atoms with E-state index in [2.05, 4.69) is 93.0 Å². The van der Waals surface area contributed by atoms with Crippen molar-refractivity contribution in [1.29, 1.82) is 0 Å². The summed E-state index contributed by atoms with van der Waals surface area (Å²) in [6.45, 7) is 30.5. The van der Waals surface area contributed by atoms with E-state index in [9.17, 15) is 0 Å². The topological polar surface area (TPSA) is 29.5 Å². The molecule has 0 radical (unpaired) electrons. The van der Waals surface area contributed by atoms with Crippen LogP contribution in [0.1, 0.15) is 80.1 Å². The van der Waals surface area contributed by atoms with Gasteiger partial charge in [-0.05, 0) is 103 Å². The maximum atomic E-state index is 8.63. The molecule has 0 spiro atoms. The summed E-state index contributed by atoms with van der Waals surface area (Å²) in [5.74, 6) is 1.43. The molecule has 0 saturated carbocycles. The Bertz CT molecular complexity index is 569. The van der Waals surface area contributed by atoms with Crippen LogP contribution in [0.25, 0.3) is 0 Å². The summed E-state index contributed by atoms with van der Waals surface area (Å²) in [6.07, 6.45) is 15.4. The molecule has 0 saturated heterocycles. The van der Waals surface area contributed by atoms with Crippen LogP contribution in [0.2, 0.25) is 38.3 Å². The monoisotopic (exact) mass is 544 g/mol. The fourth-order valence-corrected chi connectivity index (χ4v) is 5.61. The average Bonchev–Trinajstić information content (AvgIpc) is 2.67. The highest BCUT2D eigenvalue weighted by Gasteiger charge is 2.20. The second kappa shape index (κ2) is 24.0. The third-order valence-electron chi connectivity index (χ3n) is 5.42. The molecule has 0 aromatic heterocycles. The van der Waals surface area contributed by atoms with E-state index >= 15 is 0 Å². The SMILES string of the molecule is C=CC[Si](C)(C)Cl.C=CC[Si](C)(C)OCCC(C)CCC=C(C)C.CC(C)=CCCC(C)CCO. The number of halogens is 1. The van der Waals surface area contributed by atoms with Crippen LogP contribution >= 0.6 is 11.1 Å². The van der Waals surface area contributed by atoms with Crippen LogP contribution in [0, 0.1) is 11.8 Å². The van der Waals surface area contributed by atoms with Crippen molar-refractivity contribution in [1.82, 2.24) is 0 Å². The van der Waals surface area contributed by atoms with Crippen LogP contribution in [0.4, 0.5) is 0 Å². The molecule has 0 aliphatic rings. The highest BCUT2D eigenvalue weighted by molar-refractivity contribution is 7.19. The van der Waals surface area contributed by atoms with Gasteiger partial charge in [-0.3, -0.25) is 0 Å². The lowest BCUT2D eigenvalue weighted by Gasteiger charge is -2.22. The van der Waals surface area contributed by atoms with Crippen LogP contribution < -0.4 is 0 Å². The smallest absolute Gasteiger partial charge is 0.190 e. The summed E-state index contributed by atoms with van der Waals surface area (Å²) < 4.78 is 6.02. The normalized spacial score (nSPS) is 12.7. The third-order valence-corrected chi connectivity index (χ3v) is 9.39. The van der Waals surface area contributed by atoms with Gasteiger partial charge in [0.05, 0.1) is 0 Å². The van der Waals surface area contributed by atoms with Crippen LogP contribution in [0.5, 0.6) is 0 Å². The van der Waals surface area contributed by atoms with Gasteiger partial charge in [0.15, 0.2) is 15.7 Å². The number of aliphatic hydroxyl groups is 1. The summed E-state index contributed by atoms with van der Waals surface area (Å²) in [5, 5.41) is 8.63. The lowest BCUT2D eigenvalue weighted by Crippen LogP contribution is -2.30. The largest absolute Gasteiger partial charge is 0.417 e. The summed E-state index contributed by atoms with van der Waals surface area (Å²) in [5.41, 5.74) is 2.81.